The lowest BCUT2D eigenvalue weighted by molar-refractivity contribution is -0.145. The summed E-state index contributed by atoms with van der Waals surface area (Å²) in [5, 5.41) is 29.4. The average Bonchev–Trinajstić information content (AvgIpc) is 3.73. The van der Waals surface area contributed by atoms with E-state index in [1.54, 1.807) is 0 Å². The van der Waals surface area contributed by atoms with E-state index in [0.29, 0.717) is 0 Å². The van der Waals surface area contributed by atoms with Gasteiger partial charge in [0.1, 0.15) is 18.2 Å². The van der Waals surface area contributed by atoms with Crippen molar-refractivity contribution in [3.8, 4) is 18.2 Å². The zero-order chi connectivity index (χ0) is 39.6. The van der Waals surface area contributed by atoms with Crippen molar-refractivity contribution in [2.75, 3.05) is 0 Å². The van der Waals surface area contributed by atoms with Crippen molar-refractivity contribution in [1.82, 2.24) is 9.97 Å². The van der Waals surface area contributed by atoms with Gasteiger partial charge >= 0.3 is 24.7 Å². The first kappa shape index (κ1) is 38.7. The SMILES string of the molecule is N#CC(=C1C(=C(/C#N)c2c(F)c(F)nc(C(F)(F)F)c2F)/C1=C(/C#N)c1c(F)c(F)nc(C(F)(F)F)c1F)c1ccc(C(F)(F)F)cc1C(F)(F)F. The van der Waals surface area contributed by atoms with E-state index in [9.17, 15) is 86.0 Å². The number of aromatic nitrogens is 2. The average molecular weight is 763 g/mol. The quantitative estimate of drug-likeness (QED) is 0.150. The van der Waals surface area contributed by atoms with Crippen molar-refractivity contribution in [3.63, 3.8) is 0 Å². The summed E-state index contributed by atoms with van der Waals surface area (Å²) in [7, 11) is 0. The summed E-state index contributed by atoms with van der Waals surface area (Å²) in [5.74, 6) is -17.1. The molecule has 1 fully saturated rings. The lowest BCUT2D eigenvalue weighted by Gasteiger charge is -2.15. The van der Waals surface area contributed by atoms with Crippen LogP contribution in [0.3, 0.4) is 0 Å². The molecule has 1 aromatic carbocycles. The van der Waals surface area contributed by atoms with Crippen LogP contribution in [0.5, 0.6) is 0 Å². The van der Waals surface area contributed by atoms with Crippen LogP contribution in [0.15, 0.2) is 34.9 Å². The summed E-state index contributed by atoms with van der Waals surface area (Å²) in [6.07, 6.45) is -23.4. The molecule has 0 radical (unpaired) electrons. The number of rotatable bonds is 3. The number of allylic oxidation sites excluding steroid dienone is 6. The third-order valence-corrected chi connectivity index (χ3v) is 6.81. The molecule has 0 saturated heterocycles. The molecule has 0 amide bonds. The van der Waals surface area contributed by atoms with E-state index in [1.807, 2.05) is 9.97 Å². The highest BCUT2D eigenvalue weighted by molar-refractivity contribution is 6.12. The van der Waals surface area contributed by atoms with Crippen LogP contribution in [0.25, 0.3) is 16.7 Å². The van der Waals surface area contributed by atoms with E-state index >= 15 is 8.78 Å². The van der Waals surface area contributed by atoms with Crippen molar-refractivity contribution in [2.45, 2.75) is 24.7 Å². The van der Waals surface area contributed by atoms with Gasteiger partial charge in [-0.3, -0.25) is 0 Å². The van der Waals surface area contributed by atoms with Crippen molar-refractivity contribution in [2.24, 2.45) is 0 Å². The molecule has 0 aliphatic heterocycles. The normalized spacial score (nSPS) is 16.5. The maximum Gasteiger partial charge on any atom is 0.436 e. The standard InChI is InChI=1S/C29H3F18N5/c30-18-16(20(32)24(34)51-22(18)28(42,43)44)10(5-49)14-13(9(4-48)8-2-1-7(26(36,37)38)3-12(8)27(39,40)41)15(14)11(6-50)17-19(31)23(29(45,46)47)52-25(35)21(17)33/h1-3H/b13-9?,14-10-,15-11+. The molecule has 23 heteroatoms. The lowest BCUT2D eigenvalue weighted by Crippen LogP contribution is -2.16. The number of hydrogen-bond acceptors (Lipinski definition) is 5. The van der Waals surface area contributed by atoms with Gasteiger partial charge in [-0.1, -0.05) is 6.07 Å². The monoisotopic (exact) mass is 763 g/mol. The number of nitrogens with zero attached hydrogens (tertiary/aromatic N) is 5. The summed E-state index contributed by atoms with van der Waals surface area (Å²) in [6.45, 7) is 0. The third-order valence-electron chi connectivity index (χ3n) is 6.81. The highest BCUT2D eigenvalue weighted by Crippen LogP contribution is 2.58. The second kappa shape index (κ2) is 12.6. The molecule has 1 saturated carbocycles. The van der Waals surface area contributed by atoms with E-state index in [2.05, 4.69) is 0 Å². The minimum Gasteiger partial charge on any atom is -0.209 e. The summed E-state index contributed by atoms with van der Waals surface area (Å²) < 4.78 is 251. The second-order valence-corrected chi connectivity index (χ2v) is 9.85. The Kier molecular flexibility index (Phi) is 9.40. The van der Waals surface area contributed by atoms with E-state index in [0.717, 1.165) is 18.2 Å². The Morgan fingerprint density at radius 2 is 0.846 bits per heavy atom. The molecule has 52 heavy (non-hydrogen) atoms. The van der Waals surface area contributed by atoms with Crippen LogP contribution in [-0.4, -0.2) is 9.97 Å². The Bertz CT molecular complexity index is 2170. The summed E-state index contributed by atoms with van der Waals surface area (Å²) >= 11 is 0. The highest BCUT2D eigenvalue weighted by Gasteiger charge is 2.49. The van der Waals surface area contributed by atoms with Crippen LogP contribution in [0, 0.1) is 69.2 Å². The van der Waals surface area contributed by atoms with Gasteiger partial charge < -0.3 is 0 Å². The molecule has 0 bridgehead atoms. The van der Waals surface area contributed by atoms with E-state index in [4.69, 9.17) is 0 Å². The number of hydrogen-bond donors (Lipinski definition) is 0. The zero-order valence-electron chi connectivity index (χ0n) is 23.8. The van der Waals surface area contributed by atoms with Gasteiger partial charge in [-0.05, 0) is 12.1 Å². The summed E-state index contributed by atoms with van der Waals surface area (Å²) in [4.78, 5) is 3.99. The molecule has 1 aliphatic rings. The van der Waals surface area contributed by atoms with Gasteiger partial charge in [-0.2, -0.15) is 77.3 Å². The molecule has 4 rings (SSSR count). The minimum absolute atomic E-state index is 0.0904. The van der Waals surface area contributed by atoms with Crippen LogP contribution in [-0.2, 0) is 24.7 Å². The summed E-state index contributed by atoms with van der Waals surface area (Å²) in [6, 6.07) is 1.65. The Morgan fingerprint density at radius 1 is 0.481 bits per heavy atom. The first-order valence-corrected chi connectivity index (χ1v) is 12.7. The van der Waals surface area contributed by atoms with Crippen LogP contribution in [0.2, 0.25) is 0 Å². The zero-order valence-corrected chi connectivity index (χ0v) is 23.8. The largest absolute Gasteiger partial charge is 0.436 e. The molecule has 2 heterocycles. The predicted molar refractivity (Wildman–Crippen MR) is 132 cm³/mol. The third kappa shape index (κ3) is 6.59. The van der Waals surface area contributed by atoms with E-state index < -0.39 is 139 Å². The Balaban J connectivity index is 2.36. The highest BCUT2D eigenvalue weighted by atomic mass is 19.4. The maximum atomic E-state index is 15.1. The molecule has 0 atom stereocenters. The number of alkyl halides is 12. The number of nitriles is 3. The van der Waals surface area contributed by atoms with Crippen molar-refractivity contribution in [3.05, 3.63) is 109 Å². The van der Waals surface area contributed by atoms with Crippen molar-refractivity contribution >= 4 is 16.7 Å². The van der Waals surface area contributed by atoms with Crippen molar-refractivity contribution < 1.29 is 79.0 Å². The van der Waals surface area contributed by atoms with Crippen LogP contribution in [0.4, 0.5) is 79.0 Å². The molecule has 3 aromatic rings. The topological polar surface area (TPSA) is 97.1 Å². The first-order chi connectivity index (χ1) is 23.7. The van der Waals surface area contributed by atoms with Crippen molar-refractivity contribution in [1.29, 1.82) is 15.8 Å². The molecule has 2 aromatic heterocycles. The lowest BCUT2D eigenvalue weighted by atomic mass is 9.95. The minimum atomic E-state index is -6.01. The van der Waals surface area contributed by atoms with E-state index in [1.165, 1.54) is 0 Å². The van der Waals surface area contributed by atoms with Gasteiger partial charge in [0.25, 0.3) is 0 Å². The molecule has 270 valence electrons. The van der Waals surface area contributed by atoms with E-state index in [-0.39, 0.29) is 12.1 Å². The maximum absolute atomic E-state index is 15.1. The molecule has 0 spiro atoms. The van der Waals surface area contributed by atoms with Gasteiger partial charge in [0, 0.05) is 22.3 Å². The molecular formula is C29H3F18N5. The van der Waals surface area contributed by atoms with Gasteiger partial charge in [-0.15, -0.1) is 0 Å². The molecule has 5 nitrogen and oxygen atoms in total. The molecule has 0 unspecified atom stereocenters. The fourth-order valence-corrected chi connectivity index (χ4v) is 4.68. The Morgan fingerprint density at radius 3 is 1.15 bits per heavy atom. The van der Waals surface area contributed by atoms with Gasteiger partial charge in [-0.25, -0.2) is 27.5 Å². The van der Waals surface area contributed by atoms with Gasteiger partial charge in [0.05, 0.1) is 39.0 Å². The fraction of sp³-hybridized carbons (Fsp3) is 0.138. The molecule has 1 aliphatic carbocycles. The second-order valence-electron chi connectivity index (χ2n) is 9.85. The Labute approximate surface area is 274 Å². The summed E-state index contributed by atoms with van der Waals surface area (Å²) in [5.41, 5.74) is -27.5. The number of halogens is 18. The van der Waals surface area contributed by atoms with Crippen LogP contribution < -0.4 is 0 Å². The first-order valence-electron chi connectivity index (χ1n) is 12.7. The smallest absolute Gasteiger partial charge is 0.209 e. The fourth-order valence-electron chi connectivity index (χ4n) is 4.68. The van der Waals surface area contributed by atoms with Gasteiger partial charge in [0.2, 0.25) is 11.9 Å². The van der Waals surface area contributed by atoms with Gasteiger partial charge in [0.15, 0.2) is 34.7 Å². The van der Waals surface area contributed by atoms with Crippen LogP contribution in [0.1, 0.15) is 39.2 Å². The number of benzene rings is 1. The predicted octanol–water partition coefficient (Wildman–Crippen LogP) is 9.63. The molecular weight excluding hydrogens is 760 g/mol. The Hall–Kier alpha value is -6.05. The van der Waals surface area contributed by atoms with Crippen LogP contribution >= 0.6 is 0 Å². The number of pyridine rings is 2. The molecule has 0 N–H and O–H groups in total.